The molecule has 2 heteroatoms. The first-order valence-corrected chi connectivity index (χ1v) is 4.35. The van der Waals surface area contributed by atoms with Crippen molar-refractivity contribution < 1.29 is 4.74 Å². The fourth-order valence-corrected chi connectivity index (χ4v) is 1.62. The van der Waals surface area contributed by atoms with Gasteiger partial charge in [-0.1, -0.05) is 6.08 Å². The molecule has 0 spiro atoms. The molecule has 0 aromatic heterocycles. The number of methoxy groups -OCH3 is 1. The molecule has 0 aliphatic heterocycles. The van der Waals surface area contributed by atoms with Crippen LogP contribution in [0.25, 0.3) is 0 Å². The third-order valence-electron chi connectivity index (χ3n) is 1.63. The van der Waals surface area contributed by atoms with E-state index in [-0.39, 0.29) is 0 Å². The fourth-order valence-electron chi connectivity index (χ4n) is 1.00. The summed E-state index contributed by atoms with van der Waals surface area (Å²) >= 11 is 1.83. The van der Waals surface area contributed by atoms with Crippen LogP contribution in [0.3, 0.4) is 0 Å². The van der Waals surface area contributed by atoms with Gasteiger partial charge in [0.1, 0.15) is 0 Å². The minimum atomic E-state index is 0.465. The van der Waals surface area contributed by atoms with Crippen LogP contribution in [0.1, 0.15) is 12.8 Å². The van der Waals surface area contributed by atoms with Gasteiger partial charge in [-0.2, -0.15) is 0 Å². The van der Waals surface area contributed by atoms with Crippen LogP contribution in [-0.4, -0.2) is 19.5 Å². The van der Waals surface area contributed by atoms with Crippen molar-refractivity contribution >= 4 is 11.8 Å². The second-order valence-corrected chi connectivity index (χ2v) is 3.10. The number of ether oxygens (including phenoxy) is 1. The molecule has 0 aromatic rings. The molecule has 0 radical (unpaired) electrons. The summed E-state index contributed by atoms with van der Waals surface area (Å²) in [7, 11) is 1.78. The smallest absolute Gasteiger partial charge is 0.0651 e. The Kier molecular flexibility index (Phi) is 2.61. The summed E-state index contributed by atoms with van der Waals surface area (Å²) in [4.78, 5) is 1.47. The van der Waals surface area contributed by atoms with Crippen LogP contribution >= 0.6 is 11.8 Å². The van der Waals surface area contributed by atoms with Gasteiger partial charge >= 0.3 is 0 Å². The maximum atomic E-state index is 5.18. The van der Waals surface area contributed by atoms with Crippen molar-refractivity contribution in [1.29, 1.82) is 0 Å². The summed E-state index contributed by atoms with van der Waals surface area (Å²) in [5.41, 5.74) is 0. The second kappa shape index (κ2) is 3.28. The highest BCUT2D eigenvalue weighted by Gasteiger charge is 2.14. The van der Waals surface area contributed by atoms with Crippen molar-refractivity contribution in [3.63, 3.8) is 0 Å². The van der Waals surface area contributed by atoms with Crippen molar-refractivity contribution in [3.8, 4) is 0 Å². The molecule has 0 fully saturated rings. The highest BCUT2D eigenvalue weighted by molar-refractivity contribution is 8.02. The standard InChI is InChI=1S/C7H12OS/c1-8-6-3-4-7(5-6)9-2/h4,6H,3,5H2,1-2H3. The molecular weight excluding hydrogens is 132 g/mol. The summed E-state index contributed by atoms with van der Waals surface area (Å²) in [6.45, 7) is 0. The van der Waals surface area contributed by atoms with E-state index in [1.54, 1.807) is 7.11 Å². The molecular formula is C7H12OS. The Hall–Kier alpha value is 0.0500. The van der Waals surface area contributed by atoms with E-state index in [0.717, 1.165) is 12.8 Å². The van der Waals surface area contributed by atoms with Crippen LogP contribution in [0.15, 0.2) is 11.0 Å². The van der Waals surface area contributed by atoms with E-state index < -0.39 is 0 Å². The molecule has 1 aliphatic rings. The first-order valence-electron chi connectivity index (χ1n) is 3.12. The zero-order valence-electron chi connectivity index (χ0n) is 5.89. The molecule has 0 bridgehead atoms. The molecule has 1 atom stereocenters. The van der Waals surface area contributed by atoms with Crippen LogP contribution in [-0.2, 0) is 4.74 Å². The van der Waals surface area contributed by atoms with Crippen molar-refractivity contribution in [1.82, 2.24) is 0 Å². The maximum Gasteiger partial charge on any atom is 0.0651 e. The van der Waals surface area contributed by atoms with Crippen molar-refractivity contribution in [2.75, 3.05) is 13.4 Å². The molecule has 0 aromatic carbocycles. The maximum absolute atomic E-state index is 5.18. The summed E-state index contributed by atoms with van der Waals surface area (Å²) in [6, 6.07) is 0. The fraction of sp³-hybridized carbons (Fsp3) is 0.714. The SMILES string of the molecule is COC1CC=C(SC)C1. The van der Waals surface area contributed by atoms with Crippen LogP contribution in [0.5, 0.6) is 0 Å². The third kappa shape index (κ3) is 1.73. The molecule has 0 saturated carbocycles. The molecule has 1 nitrogen and oxygen atoms in total. The lowest BCUT2D eigenvalue weighted by atomic mass is 10.3. The highest BCUT2D eigenvalue weighted by Crippen LogP contribution is 2.27. The van der Waals surface area contributed by atoms with Crippen LogP contribution in [0, 0.1) is 0 Å². The highest BCUT2D eigenvalue weighted by atomic mass is 32.2. The minimum Gasteiger partial charge on any atom is -0.381 e. The van der Waals surface area contributed by atoms with Gasteiger partial charge in [-0.15, -0.1) is 11.8 Å². The average Bonchev–Trinajstić information content (AvgIpc) is 2.34. The van der Waals surface area contributed by atoms with E-state index in [1.165, 1.54) is 4.91 Å². The van der Waals surface area contributed by atoms with E-state index in [0.29, 0.717) is 6.10 Å². The average molecular weight is 144 g/mol. The number of hydrogen-bond acceptors (Lipinski definition) is 2. The van der Waals surface area contributed by atoms with E-state index >= 15 is 0 Å². The van der Waals surface area contributed by atoms with Gasteiger partial charge in [-0.3, -0.25) is 0 Å². The first-order chi connectivity index (χ1) is 4.36. The van der Waals surface area contributed by atoms with Gasteiger partial charge in [-0.25, -0.2) is 0 Å². The monoisotopic (exact) mass is 144 g/mol. The van der Waals surface area contributed by atoms with Gasteiger partial charge in [0.05, 0.1) is 6.10 Å². The van der Waals surface area contributed by atoms with E-state index in [2.05, 4.69) is 12.3 Å². The van der Waals surface area contributed by atoms with Gasteiger partial charge in [0, 0.05) is 13.5 Å². The van der Waals surface area contributed by atoms with Crippen molar-refractivity contribution in [2.45, 2.75) is 18.9 Å². The molecule has 0 heterocycles. The molecule has 1 aliphatic carbocycles. The topological polar surface area (TPSA) is 9.23 Å². The van der Waals surface area contributed by atoms with Crippen molar-refractivity contribution in [2.24, 2.45) is 0 Å². The van der Waals surface area contributed by atoms with Crippen LogP contribution in [0.2, 0.25) is 0 Å². The summed E-state index contributed by atoms with van der Waals surface area (Å²) in [5, 5.41) is 0. The Morgan fingerprint density at radius 2 is 2.56 bits per heavy atom. The Labute approximate surface area is 60.5 Å². The molecule has 0 amide bonds. The molecule has 1 unspecified atom stereocenters. The zero-order chi connectivity index (χ0) is 6.69. The lowest BCUT2D eigenvalue weighted by molar-refractivity contribution is 0.113. The van der Waals surface area contributed by atoms with Crippen LogP contribution < -0.4 is 0 Å². The Bertz CT molecular complexity index is 120. The Balaban J connectivity index is 2.31. The lowest BCUT2D eigenvalue weighted by Crippen LogP contribution is -2.03. The van der Waals surface area contributed by atoms with E-state index in [1.807, 2.05) is 11.8 Å². The van der Waals surface area contributed by atoms with E-state index in [9.17, 15) is 0 Å². The Morgan fingerprint density at radius 1 is 1.78 bits per heavy atom. The quantitative estimate of drug-likeness (QED) is 0.586. The van der Waals surface area contributed by atoms with Gasteiger partial charge in [0.25, 0.3) is 0 Å². The number of thioether (sulfide) groups is 1. The predicted octanol–water partition coefficient (Wildman–Crippen LogP) is 2.04. The minimum absolute atomic E-state index is 0.465. The third-order valence-corrected chi connectivity index (χ3v) is 2.49. The van der Waals surface area contributed by atoms with E-state index in [4.69, 9.17) is 4.74 Å². The Morgan fingerprint density at radius 3 is 2.89 bits per heavy atom. The molecule has 1 rings (SSSR count). The molecule has 0 saturated heterocycles. The summed E-state index contributed by atoms with van der Waals surface area (Å²) in [6.07, 6.45) is 7.07. The molecule has 0 N–H and O–H groups in total. The van der Waals surface area contributed by atoms with Crippen molar-refractivity contribution in [3.05, 3.63) is 11.0 Å². The number of hydrogen-bond donors (Lipinski definition) is 0. The molecule has 9 heavy (non-hydrogen) atoms. The number of rotatable bonds is 2. The van der Waals surface area contributed by atoms with Gasteiger partial charge < -0.3 is 4.74 Å². The first kappa shape index (κ1) is 7.16. The molecule has 52 valence electrons. The lowest BCUT2D eigenvalue weighted by Gasteiger charge is -2.05. The summed E-state index contributed by atoms with van der Waals surface area (Å²) < 4.78 is 5.18. The largest absolute Gasteiger partial charge is 0.381 e. The van der Waals surface area contributed by atoms with Gasteiger partial charge in [0.2, 0.25) is 0 Å². The summed E-state index contributed by atoms with van der Waals surface area (Å²) in [5.74, 6) is 0. The predicted molar refractivity (Wildman–Crippen MR) is 41.6 cm³/mol. The second-order valence-electron chi connectivity index (χ2n) is 2.17. The normalized spacial score (nSPS) is 26.4. The van der Waals surface area contributed by atoms with Gasteiger partial charge in [0.15, 0.2) is 0 Å². The zero-order valence-corrected chi connectivity index (χ0v) is 6.70. The van der Waals surface area contributed by atoms with Gasteiger partial charge in [-0.05, 0) is 17.6 Å². The van der Waals surface area contributed by atoms with Crippen LogP contribution in [0.4, 0.5) is 0 Å².